The van der Waals surface area contributed by atoms with Crippen molar-refractivity contribution in [1.29, 1.82) is 0 Å². The van der Waals surface area contributed by atoms with E-state index in [-0.39, 0.29) is 30.8 Å². The van der Waals surface area contributed by atoms with Gasteiger partial charge in [-0.05, 0) is 45.5 Å². The van der Waals surface area contributed by atoms with Crippen LogP contribution in [0.4, 0.5) is 4.79 Å². The van der Waals surface area contributed by atoms with Crippen molar-refractivity contribution >= 4 is 17.8 Å². The normalized spacial score (nSPS) is 19.2. The van der Waals surface area contributed by atoms with Crippen molar-refractivity contribution in [2.75, 3.05) is 5.75 Å². The first kappa shape index (κ1) is 32.5. The number of aliphatic hydroxyl groups is 1. The lowest BCUT2D eigenvalue weighted by atomic mass is 9.91. The summed E-state index contributed by atoms with van der Waals surface area (Å²) in [4.78, 5) is 17.0. The number of nitrogens with zero attached hydrogens (tertiary/aromatic N) is 1. The molecular weight excluding hydrogens is 607 g/mol. The SMILES string of the molecule is C[C@H]1[C@@H](CSc2ccccn2)O[C@@H](c2ccc(-c3ccccc3CNC(=O)NCc3ccccc3)cc2)O[C@H]1c1ccc(CO)cc1. The summed E-state index contributed by atoms with van der Waals surface area (Å²) in [5.41, 5.74) is 7.01. The number of pyridine rings is 1. The molecule has 0 radical (unpaired) electrons. The summed E-state index contributed by atoms with van der Waals surface area (Å²) in [5.74, 6) is 0.826. The lowest BCUT2D eigenvalue weighted by molar-refractivity contribution is -0.268. The van der Waals surface area contributed by atoms with E-state index < -0.39 is 6.29 Å². The molecule has 0 spiro atoms. The van der Waals surface area contributed by atoms with E-state index in [2.05, 4.69) is 52.9 Å². The fraction of sp³-hybridized carbons (Fsp3) is 0.231. The molecule has 0 aliphatic carbocycles. The first-order chi connectivity index (χ1) is 23.1. The number of aromatic nitrogens is 1. The maximum atomic E-state index is 12.5. The Labute approximate surface area is 280 Å². The van der Waals surface area contributed by atoms with Crippen LogP contribution >= 0.6 is 11.8 Å². The second kappa shape index (κ2) is 15.9. The highest BCUT2D eigenvalue weighted by atomic mass is 32.2. The van der Waals surface area contributed by atoms with Crippen LogP contribution in [0.25, 0.3) is 11.1 Å². The Morgan fingerprint density at radius 2 is 1.47 bits per heavy atom. The molecule has 6 rings (SSSR count). The monoisotopic (exact) mass is 645 g/mol. The van der Waals surface area contributed by atoms with E-state index in [4.69, 9.17) is 9.47 Å². The lowest BCUT2D eigenvalue weighted by Crippen LogP contribution is -2.38. The third-order valence-electron chi connectivity index (χ3n) is 8.40. The van der Waals surface area contributed by atoms with Crippen molar-refractivity contribution in [3.05, 3.63) is 155 Å². The number of rotatable bonds is 11. The van der Waals surface area contributed by atoms with E-state index in [1.54, 1.807) is 11.8 Å². The van der Waals surface area contributed by atoms with Crippen molar-refractivity contribution in [1.82, 2.24) is 15.6 Å². The van der Waals surface area contributed by atoms with Crippen molar-refractivity contribution < 1.29 is 19.4 Å². The molecule has 0 bridgehead atoms. The number of carbonyl (C=O) groups excluding carboxylic acids is 1. The van der Waals surface area contributed by atoms with Gasteiger partial charge in [0.2, 0.25) is 0 Å². The third-order valence-corrected chi connectivity index (χ3v) is 9.44. The summed E-state index contributed by atoms with van der Waals surface area (Å²) in [6.45, 7) is 3.04. The number of ether oxygens (including phenoxy) is 2. The van der Waals surface area contributed by atoms with E-state index in [0.29, 0.717) is 13.1 Å². The molecule has 2 amide bonds. The number of nitrogens with one attached hydrogen (secondary N) is 2. The fourth-order valence-electron chi connectivity index (χ4n) is 5.70. The molecule has 1 aliphatic heterocycles. The van der Waals surface area contributed by atoms with Gasteiger partial charge in [0.15, 0.2) is 6.29 Å². The van der Waals surface area contributed by atoms with Crippen LogP contribution in [-0.2, 0) is 29.2 Å². The predicted molar refractivity (Wildman–Crippen MR) is 185 cm³/mol. The Bertz CT molecular complexity index is 1720. The van der Waals surface area contributed by atoms with Crippen LogP contribution in [0.1, 0.15) is 47.1 Å². The molecule has 0 saturated carbocycles. The Morgan fingerprint density at radius 1 is 0.766 bits per heavy atom. The minimum Gasteiger partial charge on any atom is -0.392 e. The first-order valence-electron chi connectivity index (χ1n) is 15.9. The van der Waals surface area contributed by atoms with Gasteiger partial charge in [-0.2, -0.15) is 0 Å². The van der Waals surface area contributed by atoms with Crippen molar-refractivity contribution in [3.8, 4) is 11.1 Å². The number of urea groups is 1. The zero-order valence-corrected chi connectivity index (χ0v) is 27.1. The molecule has 7 nitrogen and oxygen atoms in total. The molecule has 2 heterocycles. The van der Waals surface area contributed by atoms with Gasteiger partial charge in [-0.15, -0.1) is 11.8 Å². The molecule has 4 aromatic carbocycles. The van der Waals surface area contributed by atoms with Gasteiger partial charge in [-0.3, -0.25) is 0 Å². The number of aliphatic hydroxyl groups excluding tert-OH is 1. The molecule has 1 aliphatic rings. The average molecular weight is 646 g/mol. The van der Waals surface area contributed by atoms with Gasteiger partial charge < -0.3 is 25.2 Å². The summed E-state index contributed by atoms with van der Waals surface area (Å²) in [6, 6.07) is 39.9. The highest BCUT2D eigenvalue weighted by Gasteiger charge is 2.38. The van der Waals surface area contributed by atoms with E-state index in [1.807, 2.05) is 97.2 Å². The standard InChI is InChI=1S/C39H39N3O4S/c1-27-35(26-47-36-13-7-8-22-40-36)45-38(46-37(27)31-16-14-29(25-43)15-17-31)32-20-18-30(19-21-32)34-12-6-5-11-33(34)24-42-39(44)41-23-28-9-3-2-4-10-28/h2-22,27,35,37-38,43H,23-26H2,1H3,(H2,41,42,44)/t27-,35+,37+,38+/m0/s1. The lowest BCUT2D eigenvalue weighted by Gasteiger charge is -2.41. The van der Waals surface area contributed by atoms with Crippen LogP contribution in [0.5, 0.6) is 0 Å². The highest BCUT2D eigenvalue weighted by molar-refractivity contribution is 7.99. The number of benzene rings is 4. The maximum Gasteiger partial charge on any atom is 0.315 e. The fourth-order valence-corrected chi connectivity index (χ4v) is 6.73. The molecule has 1 saturated heterocycles. The Morgan fingerprint density at radius 3 is 2.21 bits per heavy atom. The van der Waals surface area contributed by atoms with E-state index in [1.165, 1.54) is 0 Å². The number of hydrogen-bond acceptors (Lipinski definition) is 6. The van der Waals surface area contributed by atoms with Crippen molar-refractivity contribution in [2.45, 2.75) is 50.1 Å². The number of hydrogen-bond donors (Lipinski definition) is 3. The quantitative estimate of drug-likeness (QED) is 0.127. The number of carbonyl (C=O) groups is 1. The summed E-state index contributed by atoms with van der Waals surface area (Å²) in [7, 11) is 0. The van der Waals surface area contributed by atoms with Crippen LogP contribution in [0.15, 0.2) is 133 Å². The van der Waals surface area contributed by atoms with Gasteiger partial charge in [0, 0.05) is 36.5 Å². The second-order valence-electron chi connectivity index (χ2n) is 11.6. The van der Waals surface area contributed by atoms with Gasteiger partial charge in [-0.25, -0.2) is 9.78 Å². The summed E-state index contributed by atoms with van der Waals surface area (Å²) in [6.07, 6.45) is 0.988. The average Bonchev–Trinajstić information content (AvgIpc) is 3.14. The Balaban J connectivity index is 1.16. The third kappa shape index (κ3) is 8.47. The van der Waals surface area contributed by atoms with Crippen LogP contribution in [0.2, 0.25) is 0 Å². The van der Waals surface area contributed by atoms with Crippen LogP contribution in [-0.4, -0.2) is 28.0 Å². The Hall–Kier alpha value is -4.47. The zero-order chi connectivity index (χ0) is 32.4. The minimum absolute atomic E-state index is 0.00340. The molecule has 5 aromatic rings. The maximum absolute atomic E-state index is 12.5. The number of thioether (sulfide) groups is 1. The molecule has 240 valence electrons. The molecule has 47 heavy (non-hydrogen) atoms. The van der Waals surface area contributed by atoms with Crippen molar-refractivity contribution in [2.24, 2.45) is 5.92 Å². The summed E-state index contributed by atoms with van der Waals surface area (Å²) >= 11 is 1.68. The molecule has 1 fully saturated rings. The smallest absolute Gasteiger partial charge is 0.315 e. The van der Waals surface area contributed by atoms with E-state index in [0.717, 1.165) is 49.7 Å². The van der Waals surface area contributed by atoms with E-state index in [9.17, 15) is 9.90 Å². The Kier molecular flexibility index (Phi) is 11.0. The molecule has 1 aromatic heterocycles. The molecule has 4 atom stereocenters. The van der Waals surface area contributed by atoms with Crippen LogP contribution < -0.4 is 10.6 Å². The van der Waals surface area contributed by atoms with Crippen LogP contribution in [0, 0.1) is 5.92 Å². The molecule has 0 unspecified atom stereocenters. The minimum atomic E-state index is -0.553. The topological polar surface area (TPSA) is 92.7 Å². The van der Waals surface area contributed by atoms with Gasteiger partial charge in [-0.1, -0.05) is 116 Å². The highest BCUT2D eigenvalue weighted by Crippen LogP contribution is 2.43. The summed E-state index contributed by atoms with van der Waals surface area (Å²) in [5, 5.41) is 16.4. The zero-order valence-electron chi connectivity index (χ0n) is 26.3. The molecule has 8 heteroatoms. The second-order valence-corrected chi connectivity index (χ2v) is 12.6. The molecular formula is C39H39N3O4S. The van der Waals surface area contributed by atoms with Gasteiger partial charge in [0.1, 0.15) is 0 Å². The van der Waals surface area contributed by atoms with Crippen molar-refractivity contribution in [3.63, 3.8) is 0 Å². The number of amides is 2. The predicted octanol–water partition coefficient (Wildman–Crippen LogP) is 7.82. The molecule has 3 N–H and O–H groups in total. The first-order valence-corrected chi connectivity index (χ1v) is 16.8. The van der Waals surface area contributed by atoms with Gasteiger partial charge in [0.05, 0.1) is 23.8 Å². The largest absolute Gasteiger partial charge is 0.392 e. The van der Waals surface area contributed by atoms with E-state index >= 15 is 0 Å². The van der Waals surface area contributed by atoms with Gasteiger partial charge >= 0.3 is 6.03 Å². The van der Waals surface area contributed by atoms with Gasteiger partial charge in [0.25, 0.3) is 0 Å². The van der Waals surface area contributed by atoms with Crippen LogP contribution in [0.3, 0.4) is 0 Å². The summed E-state index contributed by atoms with van der Waals surface area (Å²) < 4.78 is 13.3.